The Labute approximate surface area is 75.8 Å². The Bertz CT molecular complexity index is 203. The predicted octanol–water partition coefficient (Wildman–Crippen LogP) is 3.00. The second-order valence-electron chi connectivity index (χ2n) is 3.32. The smallest absolute Gasteiger partial charge is 0.131 e. The minimum absolute atomic E-state index is 1.21. The molecule has 0 N–H and O–H groups in total. The summed E-state index contributed by atoms with van der Waals surface area (Å²) < 4.78 is 5.53. The molecule has 0 bridgehead atoms. The van der Waals surface area contributed by atoms with E-state index in [1.807, 2.05) is 6.07 Å². The van der Waals surface area contributed by atoms with Crippen LogP contribution in [0.5, 0.6) is 0 Å². The Kier molecular flexibility index (Phi) is 3.15. The minimum atomic E-state index is -1.21. The van der Waals surface area contributed by atoms with Crippen LogP contribution in [0.25, 0.3) is 0 Å². The Morgan fingerprint density at radius 2 is 1.75 bits per heavy atom. The zero-order valence-corrected chi connectivity index (χ0v) is 9.26. The molecule has 12 heavy (non-hydrogen) atoms. The summed E-state index contributed by atoms with van der Waals surface area (Å²) >= 11 is 0. The highest BCUT2D eigenvalue weighted by molar-refractivity contribution is 6.90. The Hall–Kier alpha value is -0.503. The third kappa shape index (κ3) is 1.48. The van der Waals surface area contributed by atoms with Gasteiger partial charge >= 0.3 is 0 Å². The van der Waals surface area contributed by atoms with E-state index in [4.69, 9.17) is 4.42 Å². The fourth-order valence-electron chi connectivity index (χ4n) is 1.85. The van der Waals surface area contributed by atoms with Crippen molar-refractivity contribution in [3.8, 4) is 0 Å². The van der Waals surface area contributed by atoms with Crippen LogP contribution >= 0.6 is 0 Å². The molecule has 68 valence electrons. The van der Waals surface area contributed by atoms with Gasteiger partial charge in [0.05, 0.1) is 11.6 Å². The first-order valence-corrected chi connectivity index (χ1v) is 7.45. The molecule has 0 aliphatic heterocycles. The van der Waals surface area contributed by atoms with Crippen LogP contribution in [0.4, 0.5) is 0 Å². The quantitative estimate of drug-likeness (QED) is 0.652. The summed E-state index contributed by atoms with van der Waals surface area (Å²) in [7, 11) is -1.21. The Morgan fingerprint density at radius 1 is 1.17 bits per heavy atom. The van der Waals surface area contributed by atoms with E-state index in [2.05, 4.69) is 26.8 Å². The van der Waals surface area contributed by atoms with Gasteiger partial charge in [-0.25, -0.2) is 0 Å². The first-order chi connectivity index (χ1) is 5.79. The van der Waals surface area contributed by atoms with Gasteiger partial charge in [-0.15, -0.1) is 0 Å². The molecule has 0 unspecified atom stereocenters. The number of hydrogen-bond donors (Lipinski definition) is 0. The van der Waals surface area contributed by atoms with E-state index in [1.54, 1.807) is 6.26 Å². The lowest BCUT2D eigenvalue weighted by Gasteiger charge is -2.24. The van der Waals surface area contributed by atoms with E-state index in [0.29, 0.717) is 0 Å². The second kappa shape index (κ2) is 3.94. The molecule has 0 radical (unpaired) electrons. The van der Waals surface area contributed by atoms with Crippen molar-refractivity contribution in [2.75, 3.05) is 0 Å². The second-order valence-corrected chi connectivity index (χ2v) is 8.49. The van der Waals surface area contributed by atoms with Crippen LogP contribution < -0.4 is 5.38 Å². The van der Waals surface area contributed by atoms with Gasteiger partial charge in [0.25, 0.3) is 0 Å². The van der Waals surface area contributed by atoms with Crippen molar-refractivity contribution in [2.24, 2.45) is 0 Å². The van der Waals surface area contributed by atoms with Gasteiger partial charge in [-0.1, -0.05) is 38.9 Å². The van der Waals surface area contributed by atoms with Crippen molar-refractivity contribution in [1.82, 2.24) is 0 Å². The van der Waals surface area contributed by atoms with E-state index < -0.39 is 8.07 Å². The Morgan fingerprint density at radius 3 is 2.08 bits per heavy atom. The van der Waals surface area contributed by atoms with Crippen molar-refractivity contribution in [3.63, 3.8) is 0 Å². The maximum Gasteiger partial charge on any atom is 0.131 e. The molecule has 0 spiro atoms. The third-order valence-corrected chi connectivity index (χ3v) is 8.46. The summed E-state index contributed by atoms with van der Waals surface area (Å²) in [5.41, 5.74) is 0. The molecule has 1 nitrogen and oxygen atoms in total. The maximum atomic E-state index is 5.53. The van der Waals surface area contributed by atoms with Crippen LogP contribution in [0.1, 0.15) is 20.8 Å². The van der Waals surface area contributed by atoms with Gasteiger partial charge in [0.1, 0.15) is 8.07 Å². The fraction of sp³-hybridized carbons (Fsp3) is 0.600. The molecule has 1 heterocycles. The van der Waals surface area contributed by atoms with Crippen LogP contribution in [-0.2, 0) is 0 Å². The van der Waals surface area contributed by atoms with Crippen molar-refractivity contribution >= 4 is 13.5 Å². The summed E-state index contributed by atoms with van der Waals surface area (Å²) in [6.45, 7) is 6.88. The first-order valence-electron chi connectivity index (χ1n) is 4.83. The molecule has 0 fully saturated rings. The van der Waals surface area contributed by atoms with Crippen LogP contribution in [0, 0.1) is 0 Å². The molecule has 1 aromatic rings. The molecule has 0 amide bonds. The van der Waals surface area contributed by atoms with Crippen LogP contribution in [0.3, 0.4) is 0 Å². The van der Waals surface area contributed by atoms with Gasteiger partial charge < -0.3 is 4.42 Å². The number of hydrogen-bond acceptors (Lipinski definition) is 1. The summed E-state index contributed by atoms with van der Waals surface area (Å²) in [5.74, 6) is 0. The highest BCUT2D eigenvalue weighted by Crippen LogP contribution is 2.19. The monoisotopic (exact) mass is 182 g/mol. The van der Waals surface area contributed by atoms with E-state index in [-0.39, 0.29) is 0 Å². The first kappa shape index (κ1) is 9.58. The zero-order chi connectivity index (χ0) is 9.03. The summed E-state index contributed by atoms with van der Waals surface area (Å²) in [6, 6.07) is 8.06. The Balaban J connectivity index is 2.93. The van der Waals surface area contributed by atoms with Gasteiger partial charge in [0.2, 0.25) is 0 Å². The van der Waals surface area contributed by atoms with Crippen molar-refractivity contribution in [1.29, 1.82) is 0 Å². The third-order valence-electron chi connectivity index (χ3n) is 3.07. The average Bonchev–Trinajstić information content (AvgIpc) is 2.62. The molecule has 0 aliphatic rings. The molecule has 0 saturated carbocycles. The van der Waals surface area contributed by atoms with Crippen molar-refractivity contribution in [3.05, 3.63) is 18.4 Å². The van der Waals surface area contributed by atoms with Crippen LogP contribution in [0.2, 0.25) is 18.1 Å². The van der Waals surface area contributed by atoms with E-state index in [9.17, 15) is 0 Å². The van der Waals surface area contributed by atoms with Crippen LogP contribution in [-0.4, -0.2) is 8.07 Å². The zero-order valence-electron chi connectivity index (χ0n) is 8.26. The average molecular weight is 182 g/mol. The van der Waals surface area contributed by atoms with Crippen molar-refractivity contribution < 1.29 is 4.42 Å². The van der Waals surface area contributed by atoms with Crippen molar-refractivity contribution in [2.45, 2.75) is 38.9 Å². The molecule has 2 heteroatoms. The molecule has 0 aliphatic carbocycles. The molecule has 0 aromatic carbocycles. The van der Waals surface area contributed by atoms with Gasteiger partial charge in [0.15, 0.2) is 0 Å². The standard InChI is InChI=1S/C10H18OSi/c1-4-12(5-2,6-3)10-8-7-9-11-10/h7-9H,4-6H2,1-3H3. The molecule has 1 aromatic heterocycles. The minimum Gasteiger partial charge on any atom is -0.474 e. The fourth-order valence-corrected chi connectivity index (χ4v) is 5.17. The highest BCUT2D eigenvalue weighted by atomic mass is 28.3. The SMILES string of the molecule is CC[Si](CC)(CC)c1ccco1. The van der Waals surface area contributed by atoms with Gasteiger partial charge in [-0.2, -0.15) is 0 Å². The summed E-state index contributed by atoms with van der Waals surface area (Å²) in [4.78, 5) is 0. The lowest BCUT2D eigenvalue weighted by atomic mass is 10.7. The molecule has 0 saturated heterocycles. The normalized spacial score (nSPS) is 11.9. The molecule has 1 rings (SSSR count). The predicted molar refractivity (Wildman–Crippen MR) is 55.5 cm³/mol. The van der Waals surface area contributed by atoms with Gasteiger partial charge in [-0.05, 0) is 12.1 Å². The summed E-state index contributed by atoms with van der Waals surface area (Å²) in [6.07, 6.45) is 1.80. The van der Waals surface area contributed by atoms with E-state index in [0.717, 1.165) is 0 Å². The largest absolute Gasteiger partial charge is 0.474 e. The number of furan rings is 1. The molecular weight excluding hydrogens is 164 g/mol. The lowest BCUT2D eigenvalue weighted by Crippen LogP contribution is -2.44. The highest BCUT2D eigenvalue weighted by Gasteiger charge is 2.31. The van der Waals surface area contributed by atoms with Crippen LogP contribution in [0.15, 0.2) is 22.8 Å². The molecular formula is C10H18OSi. The van der Waals surface area contributed by atoms with Gasteiger partial charge in [-0.3, -0.25) is 0 Å². The van der Waals surface area contributed by atoms with E-state index in [1.165, 1.54) is 23.5 Å². The number of rotatable bonds is 4. The molecule has 0 atom stereocenters. The van der Waals surface area contributed by atoms with E-state index >= 15 is 0 Å². The summed E-state index contributed by atoms with van der Waals surface area (Å²) in [5, 5.41) is 1.29. The maximum absolute atomic E-state index is 5.53. The topological polar surface area (TPSA) is 13.1 Å². The lowest BCUT2D eigenvalue weighted by molar-refractivity contribution is 0.595. The van der Waals surface area contributed by atoms with Gasteiger partial charge in [0, 0.05) is 0 Å².